The van der Waals surface area contributed by atoms with Gasteiger partial charge in [0.1, 0.15) is 0 Å². The number of hydrogen-bond donors (Lipinski definition) is 1. The van der Waals surface area contributed by atoms with Crippen LogP contribution in [-0.4, -0.2) is 28.9 Å². The van der Waals surface area contributed by atoms with Gasteiger partial charge >= 0.3 is 0 Å². The standard InChI is InChI=1S/C9H17IO2/c10-6-9-4-3-8(7-12-9)2-1-5-11/h8-9,11H,1-7H2/t8-,9+/m0/s1. The molecular formula is C9H17IO2. The Morgan fingerprint density at radius 2 is 2.25 bits per heavy atom. The minimum Gasteiger partial charge on any atom is -0.396 e. The van der Waals surface area contributed by atoms with Crippen LogP contribution in [0.2, 0.25) is 0 Å². The summed E-state index contributed by atoms with van der Waals surface area (Å²) in [6, 6.07) is 0. The molecule has 0 bridgehead atoms. The van der Waals surface area contributed by atoms with Gasteiger partial charge in [-0.3, -0.25) is 0 Å². The van der Waals surface area contributed by atoms with E-state index in [-0.39, 0.29) is 0 Å². The highest BCUT2D eigenvalue weighted by atomic mass is 127. The molecule has 72 valence electrons. The van der Waals surface area contributed by atoms with E-state index >= 15 is 0 Å². The third kappa shape index (κ3) is 3.58. The van der Waals surface area contributed by atoms with E-state index in [1.165, 1.54) is 12.8 Å². The summed E-state index contributed by atoms with van der Waals surface area (Å²) in [6.07, 6.45) is 5.05. The second-order valence-electron chi connectivity index (χ2n) is 3.42. The van der Waals surface area contributed by atoms with E-state index in [9.17, 15) is 0 Å². The molecule has 1 N–H and O–H groups in total. The van der Waals surface area contributed by atoms with E-state index in [1.807, 2.05) is 0 Å². The van der Waals surface area contributed by atoms with Gasteiger partial charge in [0.15, 0.2) is 0 Å². The molecule has 1 fully saturated rings. The topological polar surface area (TPSA) is 29.5 Å². The van der Waals surface area contributed by atoms with E-state index < -0.39 is 0 Å². The minimum atomic E-state index is 0.326. The Hall–Kier alpha value is 0.650. The molecule has 1 aliphatic rings. The molecule has 12 heavy (non-hydrogen) atoms. The van der Waals surface area contributed by atoms with Crippen LogP contribution in [0.5, 0.6) is 0 Å². The number of hydrogen-bond acceptors (Lipinski definition) is 2. The molecular weight excluding hydrogens is 267 g/mol. The van der Waals surface area contributed by atoms with Gasteiger partial charge in [-0.25, -0.2) is 0 Å². The molecule has 0 aliphatic carbocycles. The fourth-order valence-corrected chi connectivity index (χ4v) is 2.28. The fourth-order valence-electron chi connectivity index (χ4n) is 1.59. The molecule has 1 saturated heterocycles. The summed E-state index contributed by atoms with van der Waals surface area (Å²) in [6.45, 7) is 1.24. The quantitative estimate of drug-likeness (QED) is 0.632. The van der Waals surface area contributed by atoms with E-state index in [4.69, 9.17) is 9.84 Å². The van der Waals surface area contributed by atoms with E-state index in [1.54, 1.807) is 0 Å². The van der Waals surface area contributed by atoms with Gasteiger partial charge < -0.3 is 9.84 Å². The maximum Gasteiger partial charge on any atom is 0.0664 e. The van der Waals surface area contributed by atoms with E-state index in [2.05, 4.69) is 22.6 Å². The van der Waals surface area contributed by atoms with Crippen LogP contribution in [0.3, 0.4) is 0 Å². The van der Waals surface area contributed by atoms with Crippen LogP contribution in [0.4, 0.5) is 0 Å². The first-order valence-electron chi connectivity index (χ1n) is 4.65. The molecule has 0 aromatic carbocycles. The van der Waals surface area contributed by atoms with Crippen molar-refractivity contribution in [1.29, 1.82) is 0 Å². The van der Waals surface area contributed by atoms with Crippen LogP contribution in [-0.2, 0) is 4.74 Å². The molecule has 1 rings (SSSR count). The second-order valence-corrected chi connectivity index (χ2v) is 4.30. The zero-order chi connectivity index (χ0) is 8.81. The zero-order valence-electron chi connectivity index (χ0n) is 7.34. The van der Waals surface area contributed by atoms with Crippen molar-refractivity contribution >= 4 is 22.6 Å². The summed E-state index contributed by atoms with van der Waals surface area (Å²) in [5, 5.41) is 8.65. The average molecular weight is 284 g/mol. The second kappa shape index (κ2) is 6.16. The van der Waals surface area contributed by atoms with Crippen LogP contribution < -0.4 is 0 Å². The fraction of sp³-hybridized carbons (Fsp3) is 1.00. The highest BCUT2D eigenvalue weighted by Crippen LogP contribution is 2.23. The minimum absolute atomic E-state index is 0.326. The number of aliphatic hydroxyl groups excluding tert-OH is 1. The van der Waals surface area contributed by atoms with Crippen molar-refractivity contribution in [3.63, 3.8) is 0 Å². The van der Waals surface area contributed by atoms with Crippen molar-refractivity contribution in [3.8, 4) is 0 Å². The van der Waals surface area contributed by atoms with E-state index in [0.717, 1.165) is 23.9 Å². The monoisotopic (exact) mass is 284 g/mol. The summed E-state index contributed by atoms with van der Waals surface area (Å²) in [4.78, 5) is 0. The zero-order valence-corrected chi connectivity index (χ0v) is 9.50. The van der Waals surface area contributed by atoms with Crippen molar-refractivity contribution in [2.24, 2.45) is 5.92 Å². The Bertz CT molecular complexity index is 111. The lowest BCUT2D eigenvalue weighted by molar-refractivity contribution is -0.00437. The Kier molecular flexibility index (Phi) is 5.50. The summed E-state index contributed by atoms with van der Waals surface area (Å²) in [5.41, 5.74) is 0. The molecule has 1 aliphatic heterocycles. The smallest absolute Gasteiger partial charge is 0.0664 e. The predicted molar refractivity (Wildman–Crippen MR) is 57.7 cm³/mol. The van der Waals surface area contributed by atoms with Crippen molar-refractivity contribution < 1.29 is 9.84 Å². The molecule has 0 radical (unpaired) electrons. The lowest BCUT2D eigenvalue weighted by Gasteiger charge is -2.27. The Morgan fingerprint density at radius 3 is 2.75 bits per heavy atom. The number of aliphatic hydroxyl groups is 1. The van der Waals surface area contributed by atoms with Crippen LogP contribution in [0, 0.1) is 5.92 Å². The molecule has 0 aromatic rings. The van der Waals surface area contributed by atoms with Gasteiger partial charge in [-0.05, 0) is 31.6 Å². The summed E-state index contributed by atoms with van der Waals surface area (Å²) in [5.74, 6) is 0.705. The average Bonchev–Trinajstić information content (AvgIpc) is 2.15. The Labute approximate surface area is 87.8 Å². The summed E-state index contributed by atoms with van der Waals surface area (Å²) in [7, 11) is 0. The van der Waals surface area contributed by atoms with Gasteiger partial charge in [0, 0.05) is 17.6 Å². The van der Waals surface area contributed by atoms with Crippen LogP contribution in [0.15, 0.2) is 0 Å². The summed E-state index contributed by atoms with van der Waals surface area (Å²) >= 11 is 2.38. The van der Waals surface area contributed by atoms with Crippen LogP contribution in [0.25, 0.3) is 0 Å². The maximum absolute atomic E-state index is 8.65. The van der Waals surface area contributed by atoms with Crippen molar-refractivity contribution in [2.45, 2.75) is 31.8 Å². The SMILES string of the molecule is OCCC[C@H]1CC[C@H](CI)OC1. The normalized spacial score (nSPS) is 30.5. The van der Waals surface area contributed by atoms with Crippen molar-refractivity contribution in [3.05, 3.63) is 0 Å². The van der Waals surface area contributed by atoms with Crippen molar-refractivity contribution in [1.82, 2.24) is 0 Å². The summed E-state index contributed by atoms with van der Waals surface area (Å²) < 4.78 is 6.76. The first-order valence-corrected chi connectivity index (χ1v) is 6.17. The van der Waals surface area contributed by atoms with Crippen molar-refractivity contribution in [2.75, 3.05) is 17.6 Å². The van der Waals surface area contributed by atoms with Gasteiger partial charge in [0.2, 0.25) is 0 Å². The molecule has 2 atom stereocenters. The first-order chi connectivity index (χ1) is 5.86. The molecule has 0 amide bonds. The highest BCUT2D eigenvalue weighted by molar-refractivity contribution is 14.1. The first kappa shape index (κ1) is 10.7. The van der Waals surface area contributed by atoms with Gasteiger partial charge in [0.05, 0.1) is 6.10 Å². The maximum atomic E-state index is 8.65. The number of alkyl halides is 1. The van der Waals surface area contributed by atoms with Gasteiger partial charge in [-0.15, -0.1) is 0 Å². The lowest BCUT2D eigenvalue weighted by atomic mass is 9.95. The Balaban J connectivity index is 2.09. The molecule has 0 spiro atoms. The Morgan fingerprint density at radius 1 is 1.42 bits per heavy atom. The largest absolute Gasteiger partial charge is 0.396 e. The van der Waals surface area contributed by atoms with Crippen LogP contribution in [0.1, 0.15) is 25.7 Å². The van der Waals surface area contributed by atoms with Gasteiger partial charge in [0.25, 0.3) is 0 Å². The molecule has 0 unspecified atom stereocenters. The van der Waals surface area contributed by atoms with Gasteiger partial charge in [-0.2, -0.15) is 0 Å². The number of ether oxygens (including phenoxy) is 1. The lowest BCUT2D eigenvalue weighted by Crippen LogP contribution is -2.26. The molecule has 1 heterocycles. The highest BCUT2D eigenvalue weighted by Gasteiger charge is 2.19. The molecule has 0 aromatic heterocycles. The molecule has 2 nitrogen and oxygen atoms in total. The number of halogens is 1. The third-order valence-corrected chi connectivity index (χ3v) is 3.39. The molecule has 3 heteroatoms. The van der Waals surface area contributed by atoms with Gasteiger partial charge in [-0.1, -0.05) is 22.6 Å². The third-order valence-electron chi connectivity index (χ3n) is 2.41. The van der Waals surface area contributed by atoms with Crippen LogP contribution >= 0.6 is 22.6 Å². The van der Waals surface area contributed by atoms with E-state index in [0.29, 0.717) is 18.6 Å². The predicted octanol–water partition coefficient (Wildman–Crippen LogP) is 1.99. The number of rotatable bonds is 4. The molecule has 0 saturated carbocycles.